The topological polar surface area (TPSA) is 101 Å². The molecule has 2 heterocycles. The molecule has 0 fully saturated rings. The molecule has 0 aliphatic heterocycles. The Morgan fingerprint density at radius 3 is 2.46 bits per heavy atom. The Bertz CT molecular complexity index is 980. The molecular weight excluding hydrogens is 356 g/mol. The highest BCUT2D eigenvalue weighted by molar-refractivity contribution is 6.35. The summed E-state index contributed by atoms with van der Waals surface area (Å²) in [6.07, 6.45) is 6.61. The first-order valence-corrected chi connectivity index (χ1v) is 8.74. The Morgan fingerprint density at radius 1 is 1.07 bits per heavy atom. The zero-order valence-corrected chi connectivity index (χ0v) is 15.5. The molecule has 2 aromatic heterocycles. The lowest BCUT2D eigenvalue weighted by Gasteiger charge is -2.05. The fraction of sp³-hybridized carbons (Fsp3) is 0.150. The van der Waals surface area contributed by atoms with Crippen LogP contribution in [0.15, 0.2) is 66.2 Å². The van der Waals surface area contributed by atoms with E-state index in [-0.39, 0.29) is 6.04 Å². The number of benzene rings is 1. The van der Waals surface area contributed by atoms with Crippen molar-refractivity contribution in [1.29, 1.82) is 0 Å². The second kappa shape index (κ2) is 8.72. The summed E-state index contributed by atoms with van der Waals surface area (Å²) < 4.78 is 1.73. The van der Waals surface area contributed by atoms with Gasteiger partial charge in [-0.1, -0.05) is 18.2 Å². The standard InChI is InChI=1S/C20H20N6O2/c1-14(2)23-19(27)20(28)24-22-12-16-13-26(17-6-4-3-5-7-17)25-18(16)15-8-10-21-11-9-15/h3-14H,1-2H3,(H,23,27)(H,24,28)/b22-12-. The van der Waals surface area contributed by atoms with Gasteiger partial charge < -0.3 is 5.32 Å². The third-order valence-electron chi connectivity index (χ3n) is 3.71. The van der Waals surface area contributed by atoms with Crippen LogP contribution in [-0.4, -0.2) is 38.8 Å². The number of hydrazone groups is 1. The van der Waals surface area contributed by atoms with Crippen LogP contribution in [0.4, 0.5) is 0 Å². The number of hydrogen-bond donors (Lipinski definition) is 2. The maximum Gasteiger partial charge on any atom is 0.329 e. The summed E-state index contributed by atoms with van der Waals surface area (Å²) in [5, 5.41) is 11.0. The fourth-order valence-electron chi connectivity index (χ4n) is 2.47. The molecule has 0 saturated carbocycles. The summed E-state index contributed by atoms with van der Waals surface area (Å²) in [6, 6.07) is 13.2. The molecule has 2 N–H and O–H groups in total. The van der Waals surface area contributed by atoms with Crippen molar-refractivity contribution in [1.82, 2.24) is 25.5 Å². The van der Waals surface area contributed by atoms with E-state index in [9.17, 15) is 9.59 Å². The normalized spacial score (nSPS) is 11.0. The Hall–Kier alpha value is -3.81. The van der Waals surface area contributed by atoms with Crippen LogP contribution in [0.1, 0.15) is 19.4 Å². The van der Waals surface area contributed by atoms with Crippen LogP contribution in [-0.2, 0) is 9.59 Å². The minimum absolute atomic E-state index is 0.135. The third-order valence-corrected chi connectivity index (χ3v) is 3.71. The van der Waals surface area contributed by atoms with E-state index < -0.39 is 11.8 Å². The molecule has 0 radical (unpaired) electrons. The van der Waals surface area contributed by atoms with Gasteiger partial charge in [0, 0.05) is 35.8 Å². The number of hydrogen-bond acceptors (Lipinski definition) is 5. The largest absolute Gasteiger partial charge is 0.346 e. The predicted octanol–water partition coefficient (Wildman–Crippen LogP) is 1.91. The average molecular weight is 376 g/mol. The highest BCUT2D eigenvalue weighted by atomic mass is 16.2. The maximum atomic E-state index is 11.8. The Morgan fingerprint density at radius 2 is 1.79 bits per heavy atom. The van der Waals surface area contributed by atoms with Gasteiger partial charge >= 0.3 is 11.8 Å². The van der Waals surface area contributed by atoms with Crippen molar-refractivity contribution in [3.8, 4) is 16.9 Å². The molecular formula is C20H20N6O2. The van der Waals surface area contributed by atoms with Gasteiger partial charge in [-0.15, -0.1) is 0 Å². The van der Waals surface area contributed by atoms with Crippen molar-refractivity contribution in [2.24, 2.45) is 5.10 Å². The minimum atomic E-state index is -0.828. The first-order valence-electron chi connectivity index (χ1n) is 8.74. The first-order chi connectivity index (χ1) is 13.5. The van der Waals surface area contributed by atoms with Crippen LogP contribution in [0.3, 0.4) is 0 Å². The van der Waals surface area contributed by atoms with Crippen molar-refractivity contribution >= 4 is 18.0 Å². The smallest absolute Gasteiger partial charge is 0.329 e. The van der Waals surface area contributed by atoms with E-state index in [2.05, 4.69) is 25.9 Å². The maximum absolute atomic E-state index is 11.8. The Labute approximate surface area is 162 Å². The molecule has 0 aliphatic rings. The van der Waals surface area contributed by atoms with Crippen molar-refractivity contribution < 1.29 is 9.59 Å². The summed E-state index contributed by atoms with van der Waals surface area (Å²) in [4.78, 5) is 27.5. The van der Waals surface area contributed by atoms with Crippen LogP contribution in [0, 0.1) is 0 Å². The van der Waals surface area contributed by atoms with E-state index in [1.54, 1.807) is 37.1 Å². The number of carbonyl (C=O) groups excluding carboxylic acids is 2. The summed E-state index contributed by atoms with van der Waals surface area (Å²) in [6.45, 7) is 3.54. The summed E-state index contributed by atoms with van der Waals surface area (Å²) >= 11 is 0. The molecule has 2 amide bonds. The van der Waals surface area contributed by atoms with E-state index in [0.717, 1.165) is 11.3 Å². The second-order valence-corrected chi connectivity index (χ2v) is 6.28. The number of carbonyl (C=O) groups is 2. The zero-order valence-electron chi connectivity index (χ0n) is 15.5. The minimum Gasteiger partial charge on any atom is -0.346 e. The van der Waals surface area contributed by atoms with Crippen LogP contribution in [0.5, 0.6) is 0 Å². The molecule has 3 rings (SSSR count). The van der Waals surface area contributed by atoms with Crippen LogP contribution < -0.4 is 10.7 Å². The fourth-order valence-corrected chi connectivity index (χ4v) is 2.47. The van der Waals surface area contributed by atoms with Crippen LogP contribution in [0.2, 0.25) is 0 Å². The predicted molar refractivity (Wildman–Crippen MR) is 106 cm³/mol. The molecule has 3 aromatic rings. The van der Waals surface area contributed by atoms with E-state index in [4.69, 9.17) is 0 Å². The highest BCUT2D eigenvalue weighted by Crippen LogP contribution is 2.21. The lowest BCUT2D eigenvalue weighted by atomic mass is 10.1. The molecule has 0 aliphatic carbocycles. The van der Waals surface area contributed by atoms with Crippen molar-refractivity contribution in [3.05, 3.63) is 66.6 Å². The Balaban J connectivity index is 1.86. The van der Waals surface area contributed by atoms with Crippen molar-refractivity contribution in [3.63, 3.8) is 0 Å². The van der Waals surface area contributed by atoms with Gasteiger partial charge in [-0.2, -0.15) is 10.2 Å². The third kappa shape index (κ3) is 4.67. The van der Waals surface area contributed by atoms with Gasteiger partial charge in [0.25, 0.3) is 0 Å². The summed E-state index contributed by atoms with van der Waals surface area (Å²) in [5.74, 6) is -1.56. The number of para-hydroxylation sites is 1. The summed E-state index contributed by atoms with van der Waals surface area (Å²) in [7, 11) is 0. The van der Waals surface area contributed by atoms with Crippen molar-refractivity contribution in [2.45, 2.75) is 19.9 Å². The number of nitrogens with zero attached hydrogens (tertiary/aromatic N) is 4. The van der Waals surface area contributed by atoms with E-state index >= 15 is 0 Å². The lowest BCUT2D eigenvalue weighted by molar-refractivity contribution is -0.139. The van der Waals surface area contributed by atoms with Gasteiger partial charge in [0.15, 0.2) is 0 Å². The number of aromatic nitrogens is 3. The molecule has 142 valence electrons. The molecule has 8 nitrogen and oxygen atoms in total. The number of nitrogens with one attached hydrogen (secondary N) is 2. The van der Waals surface area contributed by atoms with Gasteiger partial charge in [-0.25, -0.2) is 10.1 Å². The average Bonchev–Trinajstić information content (AvgIpc) is 3.13. The quantitative estimate of drug-likeness (QED) is 0.403. The van der Waals surface area contributed by atoms with Gasteiger partial charge in [-0.3, -0.25) is 14.6 Å². The van der Waals surface area contributed by atoms with Gasteiger partial charge in [-0.05, 0) is 38.1 Å². The van der Waals surface area contributed by atoms with Gasteiger partial charge in [0.1, 0.15) is 5.69 Å². The first kappa shape index (κ1) is 19.0. The molecule has 28 heavy (non-hydrogen) atoms. The lowest BCUT2D eigenvalue weighted by Crippen LogP contribution is -2.41. The zero-order chi connectivity index (χ0) is 19.9. The van der Waals surface area contributed by atoms with E-state index in [1.807, 2.05) is 42.5 Å². The van der Waals surface area contributed by atoms with E-state index in [1.165, 1.54) is 6.21 Å². The molecule has 0 atom stereocenters. The van der Waals surface area contributed by atoms with Gasteiger partial charge in [0.05, 0.1) is 11.9 Å². The second-order valence-electron chi connectivity index (χ2n) is 6.28. The SMILES string of the molecule is CC(C)NC(=O)C(=O)N/N=C\c1cn(-c2ccccc2)nc1-c1ccncc1. The van der Waals surface area contributed by atoms with Crippen molar-refractivity contribution in [2.75, 3.05) is 0 Å². The van der Waals surface area contributed by atoms with E-state index in [0.29, 0.717) is 11.3 Å². The molecule has 0 bridgehead atoms. The number of pyridine rings is 1. The molecule has 8 heteroatoms. The summed E-state index contributed by atoms with van der Waals surface area (Å²) in [5.41, 5.74) is 5.33. The Kier molecular flexibility index (Phi) is 5.91. The molecule has 0 unspecified atom stereocenters. The van der Waals surface area contributed by atoms with Gasteiger partial charge in [0.2, 0.25) is 0 Å². The number of rotatable bonds is 5. The van der Waals surface area contributed by atoms with Crippen LogP contribution >= 0.6 is 0 Å². The van der Waals surface area contributed by atoms with Crippen LogP contribution in [0.25, 0.3) is 16.9 Å². The molecule has 0 saturated heterocycles. The monoisotopic (exact) mass is 376 g/mol. The molecule has 0 spiro atoms. The molecule has 1 aromatic carbocycles. The highest BCUT2D eigenvalue weighted by Gasteiger charge is 2.14. The number of amides is 2.